The van der Waals surface area contributed by atoms with Gasteiger partial charge in [-0.1, -0.05) is 19.9 Å². The Labute approximate surface area is 238 Å². The van der Waals surface area contributed by atoms with Crippen molar-refractivity contribution in [3.8, 4) is 0 Å². The van der Waals surface area contributed by atoms with Crippen LogP contribution in [0.25, 0.3) is 10.9 Å². The molecule has 12 heteroatoms. The van der Waals surface area contributed by atoms with Gasteiger partial charge >= 0.3 is 6.09 Å². The number of rotatable bonds is 11. The van der Waals surface area contributed by atoms with Crippen LogP contribution < -0.4 is 10.9 Å². The summed E-state index contributed by atoms with van der Waals surface area (Å²) >= 11 is 0. The van der Waals surface area contributed by atoms with Gasteiger partial charge in [0.1, 0.15) is 11.5 Å². The third kappa shape index (κ3) is 8.26. The van der Waals surface area contributed by atoms with E-state index in [4.69, 9.17) is 4.74 Å². The molecule has 0 fully saturated rings. The second-order valence-electron chi connectivity index (χ2n) is 10.6. The minimum Gasteiger partial charge on any atom is -0.436 e. The van der Waals surface area contributed by atoms with Crippen LogP contribution in [0.4, 0.5) is 14.9 Å². The molecular formula is C29H37FN6O5. The SMILES string of the molecule is CC(C)Cn1c(Cn2cncc(NC(=O)[C@H](CC/C=C/C(=O)N(C)C)OC(=O)N(C)C)c2=O)cc2cc(F)ccc21. The average molecular weight is 569 g/mol. The summed E-state index contributed by atoms with van der Waals surface area (Å²) in [6.45, 7) is 4.94. The van der Waals surface area contributed by atoms with Gasteiger partial charge in [-0.2, -0.15) is 0 Å². The molecule has 0 bridgehead atoms. The maximum atomic E-state index is 13.9. The maximum Gasteiger partial charge on any atom is 0.410 e. The molecule has 1 atom stereocenters. The van der Waals surface area contributed by atoms with Crippen molar-refractivity contribution < 1.29 is 23.5 Å². The van der Waals surface area contributed by atoms with Crippen LogP contribution in [0.1, 0.15) is 32.4 Å². The number of allylic oxidation sites excluding steroid dienone is 1. The fourth-order valence-corrected chi connectivity index (χ4v) is 4.10. The van der Waals surface area contributed by atoms with Crippen molar-refractivity contribution in [2.45, 2.75) is 45.9 Å². The fourth-order valence-electron chi connectivity index (χ4n) is 4.10. The first-order valence-corrected chi connectivity index (χ1v) is 13.3. The lowest BCUT2D eigenvalue weighted by Crippen LogP contribution is -2.37. The van der Waals surface area contributed by atoms with Gasteiger partial charge in [-0.25, -0.2) is 14.2 Å². The monoisotopic (exact) mass is 568 g/mol. The number of halogens is 1. The normalized spacial score (nSPS) is 12.1. The number of hydrogen-bond donors (Lipinski definition) is 1. The summed E-state index contributed by atoms with van der Waals surface area (Å²) in [4.78, 5) is 57.2. The molecule has 11 nitrogen and oxygen atoms in total. The maximum absolute atomic E-state index is 13.9. The number of amides is 3. The number of aromatic nitrogens is 3. The van der Waals surface area contributed by atoms with Crippen molar-refractivity contribution in [2.75, 3.05) is 33.5 Å². The standard InChI is InChI=1S/C29H37FN6O5/c1-19(2)16-36-22(14-20-13-21(30)11-12-24(20)36)17-35-18-31-15-23(28(35)39)32-27(38)25(41-29(40)34(5)6)9-7-8-10-26(37)33(3)4/h8,10-15,18-19,25H,7,9,16-17H2,1-6H3,(H,32,38)/b10-8+/t25-/m0/s1. The summed E-state index contributed by atoms with van der Waals surface area (Å²) in [6.07, 6.45) is 3.97. The van der Waals surface area contributed by atoms with Crippen LogP contribution in [-0.2, 0) is 27.4 Å². The quantitative estimate of drug-likeness (QED) is 0.354. The zero-order valence-electron chi connectivity index (χ0n) is 24.3. The van der Waals surface area contributed by atoms with Crippen molar-refractivity contribution in [1.82, 2.24) is 23.9 Å². The van der Waals surface area contributed by atoms with Crippen LogP contribution in [0, 0.1) is 11.7 Å². The zero-order valence-corrected chi connectivity index (χ0v) is 24.3. The Kier molecular flexibility index (Phi) is 10.4. The number of nitrogens with one attached hydrogen (secondary N) is 1. The van der Waals surface area contributed by atoms with Gasteiger partial charge < -0.3 is 24.4 Å². The van der Waals surface area contributed by atoms with Gasteiger partial charge in [-0.15, -0.1) is 0 Å². The highest BCUT2D eigenvalue weighted by atomic mass is 19.1. The van der Waals surface area contributed by atoms with Crippen LogP contribution in [0.2, 0.25) is 0 Å². The highest BCUT2D eigenvalue weighted by molar-refractivity contribution is 5.95. The van der Waals surface area contributed by atoms with E-state index in [2.05, 4.69) is 24.1 Å². The van der Waals surface area contributed by atoms with E-state index in [0.717, 1.165) is 16.6 Å². The predicted molar refractivity (Wildman–Crippen MR) is 154 cm³/mol. The van der Waals surface area contributed by atoms with E-state index < -0.39 is 23.7 Å². The smallest absolute Gasteiger partial charge is 0.410 e. The van der Waals surface area contributed by atoms with Gasteiger partial charge in [-0.3, -0.25) is 19.0 Å². The number of benzene rings is 1. The Balaban J connectivity index is 1.83. The molecule has 0 spiro atoms. The molecule has 3 aromatic rings. The largest absolute Gasteiger partial charge is 0.436 e. The molecule has 0 aliphatic carbocycles. The Morgan fingerprint density at radius 2 is 1.85 bits per heavy atom. The molecular weight excluding hydrogens is 531 g/mol. The van der Waals surface area contributed by atoms with Gasteiger partial charge in [0, 0.05) is 51.3 Å². The van der Waals surface area contributed by atoms with Crippen molar-refractivity contribution in [1.29, 1.82) is 0 Å². The molecule has 0 saturated carbocycles. The van der Waals surface area contributed by atoms with Gasteiger partial charge in [0.25, 0.3) is 11.5 Å². The van der Waals surface area contributed by atoms with Gasteiger partial charge in [0.15, 0.2) is 6.10 Å². The van der Waals surface area contributed by atoms with Crippen LogP contribution >= 0.6 is 0 Å². The number of hydrogen-bond acceptors (Lipinski definition) is 6. The Morgan fingerprint density at radius 1 is 1.12 bits per heavy atom. The molecule has 2 aromatic heterocycles. The van der Waals surface area contributed by atoms with Crippen LogP contribution in [0.3, 0.4) is 0 Å². The molecule has 41 heavy (non-hydrogen) atoms. The Hall–Kier alpha value is -4.48. The van der Waals surface area contributed by atoms with Crippen molar-refractivity contribution >= 4 is 34.5 Å². The molecule has 2 heterocycles. The third-order valence-electron chi connectivity index (χ3n) is 6.19. The summed E-state index contributed by atoms with van der Waals surface area (Å²) in [5.74, 6) is -0.968. The summed E-state index contributed by atoms with van der Waals surface area (Å²) < 4.78 is 22.6. The Morgan fingerprint density at radius 3 is 2.51 bits per heavy atom. The lowest BCUT2D eigenvalue weighted by Gasteiger charge is -2.19. The molecule has 0 radical (unpaired) electrons. The van der Waals surface area contributed by atoms with Crippen molar-refractivity contribution in [2.24, 2.45) is 5.92 Å². The van der Waals surface area contributed by atoms with Crippen LogP contribution in [-0.4, -0.2) is 76.1 Å². The lowest BCUT2D eigenvalue weighted by atomic mass is 10.1. The van der Waals surface area contributed by atoms with Gasteiger partial charge in [0.2, 0.25) is 5.91 Å². The second-order valence-corrected chi connectivity index (χ2v) is 10.6. The molecule has 1 aromatic carbocycles. The topological polar surface area (TPSA) is 119 Å². The van der Waals surface area contributed by atoms with Gasteiger partial charge in [0.05, 0.1) is 19.1 Å². The number of anilines is 1. The average Bonchev–Trinajstić information content (AvgIpc) is 3.22. The van der Waals surface area contributed by atoms with E-state index in [1.165, 1.54) is 59.2 Å². The third-order valence-corrected chi connectivity index (χ3v) is 6.19. The van der Waals surface area contributed by atoms with Gasteiger partial charge in [-0.05, 0) is 49.1 Å². The molecule has 0 aliphatic heterocycles. The Bertz CT molecular complexity index is 1490. The predicted octanol–water partition coefficient (Wildman–Crippen LogP) is 3.47. The molecule has 0 unspecified atom stereocenters. The number of fused-ring (bicyclic) bond motifs is 1. The molecule has 3 rings (SSSR count). The van der Waals surface area contributed by atoms with Crippen molar-refractivity contribution in [3.63, 3.8) is 0 Å². The van der Waals surface area contributed by atoms with E-state index in [9.17, 15) is 23.6 Å². The summed E-state index contributed by atoms with van der Waals surface area (Å²) in [5, 5.41) is 3.26. The highest BCUT2D eigenvalue weighted by Crippen LogP contribution is 2.23. The molecule has 1 N–H and O–H groups in total. The molecule has 0 saturated heterocycles. The van der Waals surface area contributed by atoms with E-state index in [-0.39, 0.29) is 36.8 Å². The molecule has 0 aliphatic rings. The first kappa shape index (κ1) is 31.1. The number of carbonyl (C=O) groups excluding carboxylic acids is 3. The van der Waals surface area contributed by atoms with Crippen LogP contribution in [0.15, 0.2) is 53.7 Å². The minimum absolute atomic E-state index is 0.0840. The van der Waals surface area contributed by atoms with E-state index in [1.807, 2.05) is 10.6 Å². The fraction of sp³-hybridized carbons (Fsp3) is 0.414. The summed E-state index contributed by atoms with van der Waals surface area (Å²) in [6, 6.07) is 6.41. The number of nitrogens with zero attached hydrogens (tertiary/aromatic N) is 5. The summed E-state index contributed by atoms with van der Waals surface area (Å²) in [7, 11) is 6.21. The van der Waals surface area contributed by atoms with Crippen molar-refractivity contribution in [3.05, 3.63) is 70.8 Å². The number of likely N-dealkylation sites (N-methyl/N-ethyl adjacent to an activating group) is 1. The summed E-state index contributed by atoms with van der Waals surface area (Å²) in [5.41, 5.74) is 1.05. The first-order valence-electron chi connectivity index (χ1n) is 13.3. The number of ether oxygens (including phenoxy) is 1. The van der Waals surface area contributed by atoms with E-state index in [0.29, 0.717) is 12.5 Å². The second kappa shape index (κ2) is 13.7. The number of carbonyl (C=O) groups is 3. The molecule has 220 valence electrons. The first-order chi connectivity index (χ1) is 19.4. The van der Waals surface area contributed by atoms with E-state index in [1.54, 1.807) is 26.2 Å². The zero-order chi connectivity index (χ0) is 30.3. The van der Waals surface area contributed by atoms with E-state index >= 15 is 0 Å². The lowest BCUT2D eigenvalue weighted by molar-refractivity contribution is -0.125. The minimum atomic E-state index is -1.22. The van der Waals surface area contributed by atoms with Crippen LogP contribution in [0.5, 0.6) is 0 Å². The molecule has 3 amide bonds. The highest BCUT2D eigenvalue weighted by Gasteiger charge is 2.25.